The number of hydrogen-bond acceptors (Lipinski definition) is 3. The third kappa shape index (κ3) is 3.45. The van der Waals surface area contributed by atoms with Crippen molar-refractivity contribution in [1.82, 2.24) is 9.55 Å². The van der Waals surface area contributed by atoms with E-state index in [1.807, 2.05) is 6.07 Å². The lowest BCUT2D eigenvalue weighted by Gasteiger charge is -2.10. The van der Waals surface area contributed by atoms with Crippen molar-refractivity contribution < 1.29 is 5.11 Å². The van der Waals surface area contributed by atoms with Gasteiger partial charge in [0.05, 0.1) is 6.10 Å². The number of aliphatic hydroxyl groups excluding tert-OH is 1. The molecule has 0 saturated heterocycles. The molecule has 0 aliphatic carbocycles. The minimum absolute atomic E-state index is 0.00453. The number of aliphatic hydroxyl groups is 1. The van der Waals surface area contributed by atoms with Gasteiger partial charge in [0.25, 0.3) is 5.56 Å². The first-order chi connectivity index (χ1) is 9.58. The SMILES string of the molecule is Cn1cccc(CCCC(O)c2cccc(=O)[nH]2)c1=O. The van der Waals surface area contributed by atoms with Crippen LogP contribution in [0.1, 0.15) is 30.2 Å². The number of aromatic nitrogens is 2. The second-order valence-corrected chi connectivity index (χ2v) is 4.83. The number of aromatic amines is 1. The van der Waals surface area contributed by atoms with Gasteiger partial charge in [-0.2, -0.15) is 0 Å². The van der Waals surface area contributed by atoms with Crippen LogP contribution in [0.2, 0.25) is 0 Å². The summed E-state index contributed by atoms with van der Waals surface area (Å²) in [6.07, 6.45) is 2.79. The van der Waals surface area contributed by atoms with Gasteiger partial charge in [0.15, 0.2) is 0 Å². The molecule has 106 valence electrons. The lowest BCUT2D eigenvalue weighted by molar-refractivity contribution is 0.159. The van der Waals surface area contributed by atoms with E-state index < -0.39 is 6.10 Å². The fourth-order valence-corrected chi connectivity index (χ4v) is 2.14. The standard InChI is InChI=1S/C15H18N2O3/c1-17-10-4-6-11(15(17)20)5-2-8-13(18)12-7-3-9-14(19)16-12/h3-4,6-7,9-10,13,18H,2,5,8H2,1H3,(H,16,19). The Morgan fingerprint density at radius 2 is 2.05 bits per heavy atom. The van der Waals surface area contributed by atoms with Gasteiger partial charge >= 0.3 is 0 Å². The fraction of sp³-hybridized carbons (Fsp3) is 0.333. The first-order valence-corrected chi connectivity index (χ1v) is 6.60. The van der Waals surface area contributed by atoms with Crippen molar-refractivity contribution in [1.29, 1.82) is 0 Å². The molecule has 5 heteroatoms. The summed E-state index contributed by atoms with van der Waals surface area (Å²) in [6, 6.07) is 8.35. The van der Waals surface area contributed by atoms with Crippen molar-refractivity contribution in [3.8, 4) is 0 Å². The number of aryl methyl sites for hydroxylation is 2. The largest absolute Gasteiger partial charge is 0.387 e. The highest BCUT2D eigenvalue weighted by Gasteiger charge is 2.09. The molecule has 5 nitrogen and oxygen atoms in total. The Labute approximate surface area is 116 Å². The van der Waals surface area contributed by atoms with Crippen LogP contribution in [0.5, 0.6) is 0 Å². The summed E-state index contributed by atoms with van der Waals surface area (Å²) in [7, 11) is 1.72. The Morgan fingerprint density at radius 3 is 2.80 bits per heavy atom. The van der Waals surface area contributed by atoms with Gasteiger partial charge in [0.1, 0.15) is 0 Å². The van der Waals surface area contributed by atoms with Crippen LogP contribution in [-0.2, 0) is 13.5 Å². The number of hydrogen-bond donors (Lipinski definition) is 2. The van der Waals surface area contributed by atoms with Gasteiger partial charge in [0.2, 0.25) is 5.56 Å². The zero-order valence-electron chi connectivity index (χ0n) is 11.4. The highest BCUT2D eigenvalue weighted by molar-refractivity contribution is 5.11. The normalized spacial score (nSPS) is 12.3. The van der Waals surface area contributed by atoms with Crippen LogP contribution in [0.15, 0.2) is 46.1 Å². The van der Waals surface area contributed by atoms with Crippen molar-refractivity contribution in [2.24, 2.45) is 7.05 Å². The second kappa shape index (κ2) is 6.34. The van der Waals surface area contributed by atoms with E-state index in [9.17, 15) is 14.7 Å². The van der Waals surface area contributed by atoms with Gasteiger partial charge in [-0.05, 0) is 31.4 Å². The molecule has 2 aromatic heterocycles. The van der Waals surface area contributed by atoms with Gasteiger partial charge in [0, 0.05) is 30.6 Å². The lowest BCUT2D eigenvalue weighted by Crippen LogP contribution is -2.20. The zero-order chi connectivity index (χ0) is 14.5. The van der Waals surface area contributed by atoms with Crippen LogP contribution in [0.4, 0.5) is 0 Å². The van der Waals surface area contributed by atoms with E-state index in [1.54, 1.807) is 36.0 Å². The predicted molar refractivity (Wildman–Crippen MR) is 76.6 cm³/mol. The molecule has 0 radical (unpaired) electrons. The minimum Gasteiger partial charge on any atom is -0.387 e. The van der Waals surface area contributed by atoms with Gasteiger partial charge in [-0.15, -0.1) is 0 Å². The molecule has 0 aromatic carbocycles. The Balaban J connectivity index is 1.94. The van der Waals surface area contributed by atoms with Crippen LogP contribution >= 0.6 is 0 Å². The number of nitrogens with one attached hydrogen (secondary N) is 1. The quantitative estimate of drug-likeness (QED) is 0.858. The molecule has 0 amide bonds. The summed E-state index contributed by atoms with van der Waals surface area (Å²) in [4.78, 5) is 25.6. The number of nitrogens with zero attached hydrogens (tertiary/aromatic N) is 1. The van der Waals surface area contributed by atoms with Gasteiger partial charge in [-0.1, -0.05) is 12.1 Å². The van der Waals surface area contributed by atoms with E-state index in [0.717, 1.165) is 5.56 Å². The number of H-pyrrole nitrogens is 1. The van der Waals surface area contributed by atoms with E-state index in [2.05, 4.69) is 4.98 Å². The molecular formula is C15H18N2O3. The van der Waals surface area contributed by atoms with E-state index in [4.69, 9.17) is 0 Å². The second-order valence-electron chi connectivity index (χ2n) is 4.83. The summed E-state index contributed by atoms with van der Waals surface area (Å²) >= 11 is 0. The van der Waals surface area contributed by atoms with Crippen molar-refractivity contribution in [2.45, 2.75) is 25.4 Å². The maximum absolute atomic E-state index is 11.8. The third-order valence-corrected chi connectivity index (χ3v) is 3.28. The molecule has 1 atom stereocenters. The van der Waals surface area contributed by atoms with Crippen LogP contribution in [0, 0.1) is 0 Å². The van der Waals surface area contributed by atoms with Crippen molar-refractivity contribution >= 4 is 0 Å². The highest BCUT2D eigenvalue weighted by atomic mass is 16.3. The van der Waals surface area contributed by atoms with Gasteiger partial charge in [-0.3, -0.25) is 9.59 Å². The minimum atomic E-state index is -0.712. The molecule has 1 unspecified atom stereocenters. The average Bonchev–Trinajstić information content (AvgIpc) is 2.43. The molecule has 0 spiro atoms. The van der Waals surface area contributed by atoms with E-state index >= 15 is 0 Å². The molecule has 0 saturated carbocycles. The zero-order valence-corrected chi connectivity index (χ0v) is 11.4. The topological polar surface area (TPSA) is 75.1 Å². The van der Waals surface area contributed by atoms with Crippen molar-refractivity contribution in [3.05, 3.63) is 68.5 Å². The molecule has 0 bridgehead atoms. The van der Waals surface area contributed by atoms with E-state index in [1.165, 1.54) is 6.07 Å². The molecule has 0 aliphatic heterocycles. The average molecular weight is 274 g/mol. The highest BCUT2D eigenvalue weighted by Crippen LogP contribution is 2.15. The monoisotopic (exact) mass is 274 g/mol. The van der Waals surface area contributed by atoms with Gasteiger partial charge in [-0.25, -0.2) is 0 Å². The number of pyridine rings is 2. The predicted octanol–water partition coefficient (Wildman–Crippen LogP) is 1.13. The van der Waals surface area contributed by atoms with Crippen molar-refractivity contribution in [2.75, 3.05) is 0 Å². The first kappa shape index (κ1) is 14.3. The maximum Gasteiger partial charge on any atom is 0.253 e. The van der Waals surface area contributed by atoms with Crippen LogP contribution in [0.25, 0.3) is 0 Å². The summed E-state index contributed by atoms with van der Waals surface area (Å²) in [5, 5.41) is 9.99. The smallest absolute Gasteiger partial charge is 0.253 e. The Morgan fingerprint density at radius 1 is 1.25 bits per heavy atom. The summed E-state index contributed by atoms with van der Waals surface area (Å²) in [6.45, 7) is 0. The maximum atomic E-state index is 11.8. The Kier molecular flexibility index (Phi) is 4.53. The lowest BCUT2D eigenvalue weighted by atomic mass is 10.1. The molecular weight excluding hydrogens is 256 g/mol. The Hall–Kier alpha value is -2.14. The first-order valence-electron chi connectivity index (χ1n) is 6.60. The molecule has 2 N–H and O–H groups in total. The van der Waals surface area contributed by atoms with Crippen LogP contribution in [0.3, 0.4) is 0 Å². The molecule has 0 fully saturated rings. The third-order valence-electron chi connectivity index (χ3n) is 3.28. The molecule has 20 heavy (non-hydrogen) atoms. The molecule has 2 aromatic rings. The summed E-state index contributed by atoms with van der Waals surface area (Å²) in [5.41, 5.74) is 1.02. The summed E-state index contributed by atoms with van der Waals surface area (Å²) in [5.74, 6) is 0. The van der Waals surface area contributed by atoms with Crippen molar-refractivity contribution in [3.63, 3.8) is 0 Å². The van der Waals surface area contributed by atoms with Gasteiger partial charge < -0.3 is 14.7 Å². The molecule has 2 rings (SSSR count). The van der Waals surface area contributed by atoms with Crippen LogP contribution < -0.4 is 11.1 Å². The number of rotatable bonds is 5. The Bertz CT molecular complexity index is 688. The van der Waals surface area contributed by atoms with Crippen LogP contribution in [-0.4, -0.2) is 14.7 Å². The molecule has 0 aliphatic rings. The van der Waals surface area contributed by atoms with E-state index in [0.29, 0.717) is 25.0 Å². The summed E-state index contributed by atoms with van der Waals surface area (Å²) < 4.78 is 1.54. The van der Waals surface area contributed by atoms with E-state index in [-0.39, 0.29) is 11.1 Å². The fourth-order valence-electron chi connectivity index (χ4n) is 2.14. The molecule has 2 heterocycles.